The highest BCUT2D eigenvalue weighted by Gasteiger charge is 2.31. The van der Waals surface area contributed by atoms with Crippen LogP contribution in [0.3, 0.4) is 0 Å². The maximum absolute atomic E-state index is 12.8. The summed E-state index contributed by atoms with van der Waals surface area (Å²) in [6.07, 6.45) is -4.38. The molecule has 2 aromatic rings. The van der Waals surface area contributed by atoms with E-state index in [0.717, 1.165) is 17.7 Å². The molecule has 0 bridgehead atoms. The molecule has 112 valence electrons. The van der Waals surface area contributed by atoms with Crippen molar-refractivity contribution in [2.75, 3.05) is 5.32 Å². The van der Waals surface area contributed by atoms with Gasteiger partial charge in [0.2, 0.25) is 0 Å². The van der Waals surface area contributed by atoms with Gasteiger partial charge in [-0.15, -0.1) is 0 Å². The number of halogens is 5. The van der Waals surface area contributed by atoms with Crippen LogP contribution in [0.1, 0.15) is 24.1 Å². The van der Waals surface area contributed by atoms with Gasteiger partial charge in [0.1, 0.15) is 0 Å². The van der Waals surface area contributed by atoms with Crippen molar-refractivity contribution in [3.05, 3.63) is 63.1 Å². The second-order valence-electron chi connectivity index (χ2n) is 4.61. The molecule has 0 saturated heterocycles. The molecule has 21 heavy (non-hydrogen) atoms. The van der Waals surface area contributed by atoms with Gasteiger partial charge in [-0.1, -0.05) is 45.7 Å². The average molecular weight is 379 g/mol. The molecule has 0 radical (unpaired) electrons. The van der Waals surface area contributed by atoms with E-state index in [1.165, 1.54) is 0 Å². The minimum absolute atomic E-state index is 0.214. The van der Waals surface area contributed by atoms with Crippen molar-refractivity contribution in [3.8, 4) is 0 Å². The highest BCUT2D eigenvalue weighted by atomic mass is 79.9. The summed E-state index contributed by atoms with van der Waals surface area (Å²) in [4.78, 5) is 0. The lowest BCUT2D eigenvalue weighted by atomic mass is 10.1. The number of benzene rings is 2. The largest absolute Gasteiger partial charge is 0.416 e. The SMILES string of the molecule is CC(Nc1cc(Br)cc(C(F)(F)F)c1)c1ccccc1Cl. The van der Waals surface area contributed by atoms with Crippen molar-refractivity contribution in [2.24, 2.45) is 0 Å². The maximum atomic E-state index is 12.8. The maximum Gasteiger partial charge on any atom is 0.416 e. The van der Waals surface area contributed by atoms with E-state index in [-0.39, 0.29) is 6.04 Å². The summed E-state index contributed by atoms with van der Waals surface area (Å²) in [5, 5.41) is 3.61. The van der Waals surface area contributed by atoms with Gasteiger partial charge in [-0.05, 0) is 36.8 Å². The van der Waals surface area contributed by atoms with Gasteiger partial charge in [-0.25, -0.2) is 0 Å². The van der Waals surface area contributed by atoms with Gasteiger partial charge in [-0.3, -0.25) is 0 Å². The van der Waals surface area contributed by atoms with Gasteiger partial charge in [-0.2, -0.15) is 13.2 Å². The van der Waals surface area contributed by atoms with Gasteiger partial charge < -0.3 is 5.32 Å². The van der Waals surface area contributed by atoms with E-state index in [2.05, 4.69) is 21.2 Å². The first kappa shape index (κ1) is 16.2. The van der Waals surface area contributed by atoms with Crippen LogP contribution in [0.2, 0.25) is 5.02 Å². The van der Waals surface area contributed by atoms with Crippen LogP contribution in [-0.2, 0) is 6.18 Å². The topological polar surface area (TPSA) is 12.0 Å². The third-order valence-corrected chi connectivity index (χ3v) is 3.78. The van der Waals surface area contributed by atoms with E-state index in [1.807, 2.05) is 19.1 Å². The molecular formula is C15H12BrClF3N. The van der Waals surface area contributed by atoms with Crippen molar-refractivity contribution in [2.45, 2.75) is 19.1 Å². The number of hydrogen-bond donors (Lipinski definition) is 1. The first-order valence-electron chi connectivity index (χ1n) is 6.16. The number of anilines is 1. The minimum Gasteiger partial charge on any atom is -0.378 e. The molecule has 0 heterocycles. The number of rotatable bonds is 3. The van der Waals surface area contributed by atoms with E-state index in [1.54, 1.807) is 18.2 Å². The highest BCUT2D eigenvalue weighted by molar-refractivity contribution is 9.10. The molecule has 0 spiro atoms. The van der Waals surface area contributed by atoms with Crippen LogP contribution in [0.15, 0.2) is 46.9 Å². The van der Waals surface area contributed by atoms with Gasteiger partial charge in [0.15, 0.2) is 0 Å². The fourth-order valence-electron chi connectivity index (χ4n) is 1.99. The quantitative estimate of drug-likeness (QED) is 0.661. The van der Waals surface area contributed by atoms with E-state index in [0.29, 0.717) is 15.2 Å². The molecule has 1 unspecified atom stereocenters. The number of nitrogens with one attached hydrogen (secondary N) is 1. The molecule has 6 heteroatoms. The summed E-state index contributed by atoms with van der Waals surface area (Å²) in [6, 6.07) is 10.7. The van der Waals surface area contributed by atoms with Crippen LogP contribution in [0.4, 0.5) is 18.9 Å². The predicted molar refractivity (Wildman–Crippen MR) is 82.6 cm³/mol. The first-order chi connectivity index (χ1) is 9.77. The Balaban J connectivity index is 2.28. The van der Waals surface area contributed by atoms with Crippen LogP contribution in [-0.4, -0.2) is 0 Å². The van der Waals surface area contributed by atoms with Crippen LogP contribution in [0, 0.1) is 0 Å². The predicted octanol–water partition coefficient (Wildman–Crippen LogP) is 6.29. The van der Waals surface area contributed by atoms with Crippen molar-refractivity contribution in [3.63, 3.8) is 0 Å². The molecule has 0 saturated carbocycles. The standard InChI is InChI=1S/C15H12BrClF3N/c1-9(13-4-2-3-5-14(13)17)21-12-7-10(15(18,19)20)6-11(16)8-12/h2-9,21H,1H3. The Morgan fingerprint density at radius 1 is 1.14 bits per heavy atom. The third kappa shape index (κ3) is 4.14. The lowest BCUT2D eigenvalue weighted by Crippen LogP contribution is -2.10. The summed E-state index contributed by atoms with van der Waals surface area (Å²) < 4.78 is 38.8. The van der Waals surface area contributed by atoms with Crippen molar-refractivity contribution in [1.82, 2.24) is 0 Å². The lowest BCUT2D eigenvalue weighted by molar-refractivity contribution is -0.137. The van der Waals surface area contributed by atoms with Crippen molar-refractivity contribution in [1.29, 1.82) is 0 Å². The summed E-state index contributed by atoms with van der Waals surface area (Å²) in [6.45, 7) is 1.84. The van der Waals surface area contributed by atoms with E-state index < -0.39 is 11.7 Å². The summed E-state index contributed by atoms with van der Waals surface area (Å²) in [5.74, 6) is 0. The molecule has 0 aliphatic carbocycles. The Morgan fingerprint density at radius 3 is 2.43 bits per heavy atom. The van der Waals surface area contributed by atoms with Gasteiger partial charge in [0.25, 0.3) is 0 Å². The molecular weight excluding hydrogens is 367 g/mol. The summed E-state index contributed by atoms with van der Waals surface area (Å²) >= 11 is 9.19. The molecule has 1 atom stereocenters. The Morgan fingerprint density at radius 2 is 1.81 bits per heavy atom. The molecule has 1 nitrogen and oxygen atoms in total. The van der Waals surface area contributed by atoms with Gasteiger partial charge in [0.05, 0.1) is 5.56 Å². The molecule has 0 amide bonds. The van der Waals surface area contributed by atoms with Crippen LogP contribution < -0.4 is 5.32 Å². The lowest BCUT2D eigenvalue weighted by Gasteiger charge is -2.18. The Hall–Kier alpha value is -1.20. The normalized spacial score (nSPS) is 13.0. The van der Waals surface area contributed by atoms with Crippen molar-refractivity contribution >= 4 is 33.2 Å². The summed E-state index contributed by atoms with van der Waals surface area (Å²) in [7, 11) is 0. The fourth-order valence-corrected chi connectivity index (χ4v) is 2.78. The Labute approximate surface area is 134 Å². The van der Waals surface area contributed by atoms with E-state index in [4.69, 9.17) is 11.6 Å². The fraction of sp³-hybridized carbons (Fsp3) is 0.200. The molecule has 0 aliphatic heterocycles. The molecule has 1 N–H and O–H groups in total. The zero-order chi connectivity index (χ0) is 15.6. The minimum atomic E-state index is -4.38. The molecule has 0 aliphatic rings. The second kappa shape index (κ2) is 6.28. The van der Waals surface area contributed by atoms with E-state index >= 15 is 0 Å². The molecule has 2 rings (SSSR count). The molecule has 2 aromatic carbocycles. The number of alkyl halides is 3. The van der Waals surface area contributed by atoms with Gasteiger partial charge in [0, 0.05) is 21.2 Å². The van der Waals surface area contributed by atoms with Crippen LogP contribution >= 0.6 is 27.5 Å². The summed E-state index contributed by atoms with van der Waals surface area (Å²) in [5.41, 5.74) is 0.502. The Kier molecular flexibility index (Phi) is 4.84. The van der Waals surface area contributed by atoms with Crippen molar-refractivity contribution < 1.29 is 13.2 Å². The van der Waals surface area contributed by atoms with Crippen LogP contribution in [0.25, 0.3) is 0 Å². The molecule has 0 fully saturated rings. The molecule has 0 aromatic heterocycles. The van der Waals surface area contributed by atoms with Crippen LogP contribution in [0.5, 0.6) is 0 Å². The van der Waals surface area contributed by atoms with E-state index in [9.17, 15) is 13.2 Å². The highest BCUT2D eigenvalue weighted by Crippen LogP contribution is 2.34. The number of hydrogen-bond acceptors (Lipinski definition) is 1. The zero-order valence-electron chi connectivity index (χ0n) is 11.0. The van der Waals surface area contributed by atoms with Gasteiger partial charge >= 0.3 is 6.18 Å². The monoisotopic (exact) mass is 377 g/mol. The smallest absolute Gasteiger partial charge is 0.378 e. The first-order valence-corrected chi connectivity index (χ1v) is 7.33. The zero-order valence-corrected chi connectivity index (χ0v) is 13.4. The second-order valence-corrected chi connectivity index (χ2v) is 5.94. The Bertz CT molecular complexity index is 643. The average Bonchev–Trinajstić information content (AvgIpc) is 2.37. The third-order valence-electron chi connectivity index (χ3n) is 2.98.